The zero-order valence-electron chi connectivity index (χ0n) is 10.0. The van der Waals surface area contributed by atoms with E-state index in [9.17, 15) is 9.59 Å². The number of carbonyl (C=O) groups excluding carboxylic acids is 1. The first-order valence-electron chi connectivity index (χ1n) is 6.31. The summed E-state index contributed by atoms with van der Waals surface area (Å²) >= 11 is 0. The molecule has 5 heteroatoms. The molecule has 17 heavy (non-hydrogen) atoms. The number of carboxylic acid groups (broad SMARTS) is 1. The zero-order chi connectivity index (χ0) is 12.5. The van der Waals surface area contributed by atoms with Crippen molar-refractivity contribution in [1.29, 1.82) is 0 Å². The maximum Gasteiger partial charge on any atom is 0.325 e. The van der Waals surface area contributed by atoms with Crippen LogP contribution in [0.3, 0.4) is 0 Å². The predicted molar refractivity (Wildman–Crippen MR) is 62.3 cm³/mol. The number of amides is 1. The van der Waals surface area contributed by atoms with Crippen molar-refractivity contribution in [2.75, 3.05) is 13.1 Å². The highest BCUT2D eigenvalue weighted by molar-refractivity contribution is 5.83. The van der Waals surface area contributed by atoms with Crippen LogP contribution in [0.2, 0.25) is 0 Å². The molecule has 3 N–H and O–H groups in total. The number of nitrogens with zero attached hydrogens (tertiary/aromatic N) is 1. The number of likely N-dealkylation sites (tertiary alicyclic amines) is 1. The fourth-order valence-electron chi connectivity index (χ4n) is 2.81. The summed E-state index contributed by atoms with van der Waals surface area (Å²) in [5, 5.41) is 8.99. The highest BCUT2D eigenvalue weighted by Crippen LogP contribution is 2.29. The van der Waals surface area contributed by atoms with Crippen LogP contribution < -0.4 is 5.73 Å². The first-order valence-corrected chi connectivity index (χ1v) is 6.31. The van der Waals surface area contributed by atoms with E-state index in [0.717, 1.165) is 12.8 Å². The number of carboxylic acids is 1. The van der Waals surface area contributed by atoms with E-state index in [2.05, 4.69) is 0 Å². The Kier molecular flexibility index (Phi) is 3.38. The van der Waals surface area contributed by atoms with Gasteiger partial charge in [-0.25, -0.2) is 0 Å². The van der Waals surface area contributed by atoms with Crippen LogP contribution in [0.25, 0.3) is 0 Å². The van der Waals surface area contributed by atoms with Crippen LogP contribution in [0.4, 0.5) is 0 Å². The van der Waals surface area contributed by atoms with E-state index < -0.39 is 11.5 Å². The molecule has 2 rings (SSSR count). The molecule has 0 aromatic heterocycles. The van der Waals surface area contributed by atoms with Crippen LogP contribution in [-0.2, 0) is 9.59 Å². The Morgan fingerprint density at radius 3 is 2.53 bits per heavy atom. The van der Waals surface area contributed by atoms with Crippen LogP contribution in [-0.4, -0.2) is 40.5 Å². The van der Waals surface area contributed by atoms with Crippen molar-refractivity contribution in [1.82, 2.24) is 4.90 Å². The molecule has 1 heterocycles. The minimum Gasteiger partial charge on any atom is -0.480 e. The average molecular weight is 240 g/mol. The first kappa shape index (κ1) is 12.4. The molecule has 1 saturated heterocycles. The first-order chi connectivity index (χ1) is 8.01. The molecule has 2 fully saturated rings. The summed E-state index contributed by atoms with van der Waals surface area (Å²) in [4.78, 5) is 24.6. The molecule has 96 valence electrons. The third-order valence-electron chi connectivity index (χ3n) is 4.02. The second kappa shape index (κ2) is 4.64. The monoisotopic (exact) mass is 240 g/mol. The van der Waals surface area contributed by atoms with Gasteiger partial charge in [-0.1, -0.05) is 12.8 Å². The Morgan fingerprint density at radius 1 is 1.35 bits per heavy atom. The van der Waals surface area contributed by atoms with Crippen molar-refractivity contribution in [2.45, 2.75) is 44.1 Å². The highest BCUT2D eigenvalue weighted by atomic mass is 16.4. The van der Waals surface area contributed by atoms with Crippen molar-refractivity contribution in [2.24, 2.45) is 11.7 Å². The van der Waals surface area contributed by atoms with E-state index in [-0.39, 0.29) is 12.5 Å². The summed E-state index contributed by atoms with van der Waals surface area (Å²) in [5.41, 5.74) is 4.51. The third-order valence-corrected chi connectivity index (χ3v) is 4.02. The van der Waals surface area contributed by atoms with Gasteiger partial charge in [0.2, 0.25) is 5.91 Å². The molecule has 0 aromatic rings. The minimum atomic E-state index is -1.23. The van der Waals surface area contributed by atoms with Crippen LogP contribution >= 0.6 is 0 Å². The number of hydrogen-bond donors (Lipinski definition) is 2. The molecule has 0 aromatic carbocycles. The Labute approximate surface area is 101 Å². The largest absolute Gasteiger partial charge is 0.480 e. The average Bonchev–Trinajstić information content (AvgIpc) is 2.88. The van der Waals surface area contributed by atoms with Gasteiger partial charge in [-0.3, -0.25) is 9.59 Å². The van der Waals surface area contributed by atoms with Crippen molar-refractivity contribution >= 4 is 11.9 Å². The molecular weight excluding hydrogens is 220 g/mol. The summed E-state index contributed by atoms with van der Waals surface area (Å²) < 4.78 is 0. The van der Waals surface area contributed by atoms with E-state index in [1.54, 1.807) is 4.90 Å². The lowest BCUT2D eigenvalue weighted by Crippen LogP contribution is -2.50. The Balaban J connectivity index is 1.87. The standard InChI is InChI=1S/C12H20N2O3/c13-12(11(16)17)5-6-14(8-12)10(15)7-9-3-1-2-4-9/h9H,1-8,13H2,(H,16,17). The van der Waals surface area contributed by atoms with E-state index in [1.807, 2.05) is 0 Å². The maximum absolute atomic E-state index is 12.0. The molecule has 2 aliphatic rings. The lowest BCUT2D eigenvalue weighted by atomic mass is 10.0. The lowest BCUT2D eigenvalue weighted by Gasteiger charge is -2.21. The number of aliphatic carboxylic acids is 1. The van der Waals surface area contributed by atoms with E-state index in [4.69, 9.17) is 10.8 Å². The summed E-state index contributed by atoms with van der Waals surface area (Å²) in [7, 11) is 0. The van der Waals surface area contributed by atoms with E-state index in [1.165, 1.54) is 12.8 Å². The second-order valence-corrected chi connectivity index (χ2v) is 5.38. The quantitative estimate of drug-likeness (QED) is 0.756. The zero-order valence-corrected chi connectivity index (χ0v) is 10.0. The molecule has 1 aliphatic heterocycles. The van der Waals surface area contributed by atoms with Gasteiger partial charge in [0.05, 0.1) is 0 Å². The van der Waals surface area contributed by atoms with Crippen molar-refractivity contribution < 1.29 is 14.7 Å². The van der Waals surface area contributed by atoms with Gasteiger partial charge in [0.25, 0.3) is 0 Å². The number of carbonyl (C=O) groups is 2. The van der Waals surface area contributed by atoms with Gasteiger partial charge in [0, 0.05) is 19.5 Å². The molecule has 0 spiro atoms. The minimum absolute atomic E-state index is 0.0745. The Bertz CT molecular complexity index is 326. The SMILES string of the molecule is NC1(C(=O)O)CCN(C(=O)CC2CCCC2)C1. The van der Waals surface area contributed by atoms with Crippen LogP contribution in [0.15, 0.2) is 0 Å². The topological polar surface area (TPSA) is 83.6 Å². The third kappa shape index (κ3) is 2.60. The fraction of sp³-hybridized carbons (Fsp3) is 0.833. The summed E-state index contributed by atoms with van der Waals surface area (Å²) in [5.74, 6) is -0.431. The van der Waals surface area contributed by atoms with Gasteiger partial charge >= 0.3 is 5.97 Å². The molecule has 1 unspecified atom stereocenters. The number of nitrogens with two attached hydrogens (primary N) is 1. The second-order valence-electron chi connectivity index (χ2n) is 5.38. The molecule has 1 amide bonds. The van der Waals surface area contributed by atoms with Crippen molar-refractivity contribution in [3.8, 4) is 0 Å². The summed E-state index contributed by atoms with van der Waals surface area (Å²) in [6.45, 7) is 0.641. The van der Waals surface area contributed by atoms with Gasteiger partial charge in [0.1, 0.15) is 5.54 Å². The van der Waals surface area contributed by atoms with Crippen molar-refractivity contribution in [3.05, 3.63) is 0 Å². The molecule has 0 radical (unpaired) electrons. The highest BCUT2D eigenvalue weighted by Gasteiger charge is 2.43. The van der Waals surface area contributed by atoms with Crippen LogP contribution in [0, 0.1) is 5.92 Å². The van der Waals surface area contributed by atoms with E-state index in [0.29, 0.717) is 25.3 Å². The normalized spacial score (nSPS) is 29.8. The van der Waals surface area contributed by atoms with Crippen LogP contribution in [0.5, 0.6) is 0 Å². The molecular formula is C12H20N2O3. The maximum atomic E-state index is 12.0. The molecule has 5 nitrogen and oxygen atoms in total. The summed E-state index contributed by atoms with van der Waals surface area (Å²) in [6.07, 6.45) is 5.62. The molecule has 1 atom stereocenters. The van der Waals surface area contributed by atoms with Crippen LogP contribution in [0.1, 0.15) is 38.5 Å². The van der Waals surface area contributed by atoms with E-state index >= 15 is 0 Å². The van der Waals surface area contributed by atoms with Gasteiger partial charge < -0.3 is 15.7 Å². The fourth-order valence-corrected chi connectivity index (χ4v) is 2.81. The number of hydrogen-bond acceptors (Lipinski definition) is 3. The van der Waals surface area contributed by atoms with Gasteiger partial charge in [0.15, 0.2) is 0 Å². The molecule has 1 saturated carbocycles. The smallest absolute Gasteiger partial charge is 0.325 e. The molecule has 1 aliphatic carbocycles. The van der Waals surface area contributed by atoms with Crippen molar-refractivity contribution in [3.63, 3.8) is 0 Å². The summed E-state index contributed by atoms with van der Waals surface area (Å²) in [6, 6.07) is 0. The predicted octanol–water partition coefficient (Wildman–Crippen LogP) is 0.581. The lowest BCUT2D eigenvalue weighted by molar-refractivity contribution is -0.143. The van der Waals surface area contributed by atoms with Gasteiger partial charge in [-0.2, -0.15) is 0 Å². The Morgan fingerprint density at radius 2 is 2.00 bits per heavy atom. The number of rotatable bonds is 3. The molecule has 0 bridgehead atoms. The van der Waals surface area contributed by atoms with Gasteiger partial charge in [-0.15, -0.1) is 0 Å². The Hall–Kier alpha value is -1.10. The van der Waals surface area contributed by atoms with Gasteiger partial charge in [-0.05, 0) is 25.2 Å².